The van der Waals surface area contributed by atoms with Crippen LogP contribution in [0.2, 0.25) is 0 Å². The minimum atomic E-state index is -1.13. The second-order valence-corrected chi connectivity index (χ2v) is 4.72. The Morgan fingerprint density at radius 2 is 2.16 bits per heavy atom. The molecule has 102 valence electrons. The Kier molecular flexibility index (Phi) is 3.05. The van der Waals surface area contributed by atoms with E-state index in [9.17, 15) is 14.4 Å². The van der Waals surface area contributed by atoms with Crippen LogP contribution in [0.1, 0.15) is 18.9 Å². The second kappa shape index (κ2) is 4.42. The number of hydrogen-bond donors (Lipinski definition) is 2. The van der Waals surface area contributed by atoms with Gasteiger partial charge in [-0.25, -0.2) is 4.79 Å². The number of imide groups is 1. The Labute approximate surface area is 109 Å². The van der Waals surface area contributed by atoms with Crippen molar-refractivity contribution in [2.24, 2.45) is 7.05 Å². The minimum absolute atomic E-state index is 0.123. The third-order valence-electron chi connectivity index (χ3n) is 3.23. The van der Waals surface area contributed by atoms with E-state index in [1.807, 2.05) is 7.05 Å². The molecule has 1 aliphatic rings. The van der Waals surface area contributed by atoms with Gasteiger partial charge in [0.05, 0.1) is 6.42 Å². The highest BCUT2D eigenvalue weighted by Gasteiger charge is 2.49. The Morgan fingerprint density at radius 3 is 2.68 bits per heavy atom. The highest BCUT2D eigenvalue weighted by molar-refractivity contribution is 6.07. The van der Waals surface area contributed by atoms with E-state index >= 15 is 0 Å². The van der Waals surface area contributed by atoms with Crippen LogP contribution in [0.4, 0.5) is 4.79 Å². The number of aromatic nitrogens is 1. The number of carboxylic acids is 1. The monoisotopic (exact) mass is 265 g/mol. The topological polar surface area (TPSA) is 91.6 Å². The fourth-order valence-corrected chi connectivity index (χ4v) is 2.10. The van der Waals surface area contributed by atoms with Crippen LogP contribution >= 0.6 is 0 Å². The van der Waals surface area contributed by atoms with Gasteiger partial charge in [0.15, 0.2) is 0 Å². The fourth-order valence-electron chi connectivity index (χ4n) is 2.10. The minimum Gasteiger partial charge on any atom is -0.481 e. The van der Waals surface area contributed by atoms with Crippen LogP contribution < -0.4 is 5.32 Å². The first-order chi connectivity index (χ1) is 8.84. The molecule has 0 aliphatic carbocycles. The summed E-state index contributed by atoms with van der Waals surface area (Å²) in [5.41, 5.74) is -0.456. The van der Waals surface area contributed by atoms with Crippen LogP contribution in [0.15, 0.2) is 18.5 Å². The molecule has 1 unspecified atom stereocenters. The number of carboxylic acid groups (broad SMARTS) is 1. The zero-order chi connectivity index (χ0) is 14.2. The van der Waals surface area contributed by atoms with E-state index in [4.69, 9.17) is 5.11 Å². The summed E-state index contributed by atoms with van der Waals surface area (Å²) in [6.07, 6.45) is 3.27. The maximum atomic E-state index is 12.3. The number of urea groups is 1. The lowest BCUT2D eigenvalue weighted by atomic mass is 9.95. The van der Waals surface area contributed by atoms with Crippen LogP contribution in [0.3, 0.4) is 0 Å². The molecule has 1 aliphatic heterocycles. The highest BCUT2D eigenvalue weighted by atomic mass is 16.4. The molecule has 1 atom stereocenters. The molecule has 2 heterocycles. The standard InChI is InChI=1S/C12H15N3O4/c1-12(8-3-5-14(2)7-8)10(18)15(11(19)13-12)6-4-9(16)17/h3,5,7H,4,6H2,1-2H3,(H,13,19)(H,16,17). The summed E-state index contributed by atoms with van der Waals surface area (Å²) in [5.74, 6) is -1.47. The molecule has 3 amide bonds. The molecule has 0 saturated carbocycles. The number of amides is 3. The molecule has 0 aromatic carbocycles. The van der Waals surface area contributed by atoms with Crippen molar-refractivity contribution in [2.45, 2.75) is 18.9 Å². The van der Waals surface area contributed by atoms with Gasteiger partial charge in [-0.2, -0.15) is 0 Å². The molecule has 1 aromatic rings. The predicted molar refractivity (Wildman–Crippen MR) is 65.3 cm³/mol. The normalized spacial score (nSPS) is 22.7. The Bertz CT molecular complexity index is 551. The van der Waals surface area contributed by atoms with Gasteiger partial charge in [0.2, 0.25) is 0 Å². The third-order valence-corrected chi connectivity index (χ3v) is 3.23. The zero-order valence-corrected chi connectivity index (χ0v) is 10.7. The van der Waals surface area contributed by atoms with E-state index in [1.54, 1.807) is 30.0 Å². The zero-order valence-electron chi connectivity index (χ0n) is 10.7. The number of carbonyl (C=O) groups is 3. The second-order valence-electron chi connectivity index (χ2n) is 4.72. The summed E-state index contributed by atoms with van der Waals surface area (Å²) in [5, 5.41) is 11.2. The first kappa shape index (κ1) is 13.1. The number of nitrogens with zero attached hydrogens (tertiary/aromatic N) is 2. The summed E-state index contributed by atoms with van der Waals surface area (Å²) < 4.78 is 1.78. The number of hydrogen-bond acceptors (Lipinski definition) is 3. The predicted octanol–water partition coefficient (Wildman–Crippen LogP) is 0.267. The third kappa shape index (κ3) is 2.18. The summed E-state index contributed by atoms with van der Waals surface area (Å²) >= 11 is 0. The van der Waals surface area contributed by atoms with E-state index in [-0.39, 0.29) is 13.0 Å². The smallest absolute Gasteiger partial charge is 0.325 e. The molecule has 0 spiro atoms. The molecule has 7 heteroatoms. The van der Waals surface area contributed by atoms with Gasteiger partial charge in [-0.1, -0.05) is 0 Å². The summed E-state index contributed by atoms with van der Waals surface area (Å²) in [7, 11) is 1.82. The summed E-state index contributed by atoms with van der Waals surface area (Å²) in [4.78, 5) is 35.6. The van der Waals surface area contributed by atoms with E-state index in [1.165, 1.54) is 0 Å². The van der Waals surface area contributed by atoms with Gasteiger partial charge in [-0.05, 0) is 13.0 Å². The van der Waals surface area contributed by atoms with E-state index < -0.39 is 23.4 Å². The van der Waals surface area contributed by atoms with Crippen molar-refractivity contribution in [3.05, 3.63) is 24.0 Å². The van der Waals surface area contributed by atoms with Crippen molar-refractivity contribution in [3.63, 3.8) is 0 Å². The first-order valence-corrected chi connectivity index (χ1v) is 5.83. The number of rotatable bonds is 4. The highest BCUT2D eigenvalue weighted by Crippen LogP contribution is 2.28. The molecule has 1 fully saturated rings. The molecule has 2 N–H and O–H groups in total. The molecule has 1 aromatic heterocycles. The molecular formula is C12H15N3O4. The van der Waals surface area contributed by atoms with Gasteiger partial charge in [0, 0.05) is 31.5 Å². The molecule has 1 saturated heterocycles. The maximum absolute atomic E-state index is 12.3. The summed E-state index contributed by atoms with van der Waals surface area (Å²) in [6, 6.07) is 1.19. The Balaban J connectivity index is 2.23. The Morgan fingerprint density at radius 1 is 1.47 bits per heavy atom. The van der Waals surface area contributed by atoms with Crippen molar-refractivity contribution < 1.29 is 19.5 Å². The van der Waals surface area contributed by atoms with Crippen molar-refractivity contribution in [1.29, 1.82) is 0 Å². The number of aliphatic carboxylic acids is 1. The lowest BCUT2D eigenvalue weighted by molar-refractivity contribution is -0.138. The van der Waals surface area contributed by atoms with Crippen molar-refractivity contribution in [3.8, 4) is 0 Å². The van der Waals surface area contributed by atoms with Crippen molar-refractivity contribution in [1.82, 2.24) is 14.8 Å². The Hall–Kier alpha value is -2.31. The molecule has 0 bridgehead atoms. The van der Waals surface area contributed by atoms with Crippen LogP contribution in [0.25, 0.3) is 0 Å². The van der Waals surface area contributed by atoms with Crippen LogP contribution in [0, 0.1) is 0 Å². The molecule has 2 rings (SSSR count). The largest absolute Gasteiger partial charge is 0.481 e. The first-order valence-electron chi connectivity index (χ1n) is 5.83. The van der Waals surface area contributed by atoms with E-state index in [2.05, 4.69) is 5.32 Å². The van der Waals surface area contributed by atoms with E-state index in [0.717, 1.165) is 4.90 Å². The van der Waals surface area contributed by atoms with Crippen LogP contribution in [0.5, 0.6) is 0 Å². The van der Waals surface area contributed by atoms with Crippen molar-refractivity contribution in [2.75, 3.05) is 6.54 Å². The quantitative estimate of drug-likeness (QED) is 0.764. The lowest BCUT2D eigenvalue weighted by Crippen LogP contribution is -2.40. The number of carbonyl (C=O) groups excluding carboxylic acids is 2. The fraction of sp³-hybridized carbons (Fsp3) is 0.417. The number of nitrogens with one attached hydrogen (secondary N) is 1. The molecule has 19 heavy (non-hydrogen) atoms. The van der Waals surface area contributed by atoms with Gasteiger partial charge in [-0.15, -0.1) is 0 Å². The van der Waals surface area contributed by atoms with Gasteiger partial charge in [0.25, 0.3) is 5.91 Å². The van der Waals surface area contributed by atoms with Crippen molar-refractivity contribution >= 4 is 17.9 Å². The molecule has 0 radical (unpaired) electrons. The molecule has 7 nitrogen and oxygen atoms in total. The van der Waals surface area contributed by atoms with Crippen LogP contribution in [-0.4, -0.2) is 39.0 Å². The van der Waals surface area contributed by atoms with E-state index in [0.29, 0.717) is 5.56 Å². The summed E-state index contributed by atoms with van der Waals surface area (Å²) in [6.45, 7) is 1.49. The SMILES string of the molecule is Cn1ccc(C2(C)NC(=O)N(CCC(=O)O)C2=O)c1. The van der Waals surface area contributed by atoms with Gasteiger partial charge >= 0.3 is 12.0 Å². The van der Waals surface area contributed by atoms with Gasteiger partial charge in [0.1, 0.15) is 5.54 Å². The molecular weight excluding hydrogens is 250 g/mol. The average molecular weight is 265 g/mol. The van der Waals surface area contributed by atoms with Gasteiger partial charge in [-0.3, -0.25) is 14.5 Å². The van der Waals surface area contributed by atoms with Crippen LogP contribution in [-0.2, 0) is 22.2 Å². The average Bonchev–Trinajstić information content (AvgIpc) is 2.83. The maximum Gasteiger partial charge on any atom is 0.325 e. The number of aryl methyl sites for hydroxylation is 1. The lowest BCUT2D eigenvalue weighted by Gasteiger charge is -2.20. The van der Waals surface area contributed by atoms with Gasteiger partial charge < -0.3 is 15.0 Å².